The van der Waals surface area contributed by atoms with E-state index in [0.29, 0.717) is 25.3 Å². The number of hydrogen-bond acceptors (Lipinski definition) is 4. The number of aryl methyl sites for hydroxylation is 1. The Morgan fingerprint density at radius 1 is 1.52 bits per heavy atom. The molecule has 21 heavy (non-hydrogen) atoms. The van der Waals surface area contributed by atoms with E-state index in [0.717, 1.165) is 19.7 Å². The monoisotopic (exact) mass is 367 g/mol. The van der Waals surface area contributed by atoms with Crippen LogP contribution in [0, 0.1) is 5.92 Å². The van der Waals surface area contributed by atoms with E-state index in [9.17, 15) is 4.79 Å². The Morgan fingerprint density at radius 2 is 2.33 bits per heavy atom. The van der Waals surface area contributed by atoms with Crippen molar-refractivity contribution in [3.63, 3.8) is 0 Å². The lowest BCUT2D eigenvalue weighted by atomic mass is 10.2. The van der Waals surface area contributed by atoms with Gasteiger partial charge in [0.25, 0.3) is 0 Å². The number of rotatable bonds is 6. The molecular weight excluding hydrogens is 350 g/mol. The van der Waals surface area contributed by atoms with Gasteiger partial charge in [-0.1, -0.05) is 15.9 Å². The fraction of sp³-hybridized carbons (Fsp3) is 0.467. The van der Waals surface area contributed by atoms with Crippen LogP contribution in [0.15, 0.2) is 22.7 Å². The Bertz CT molecular complexity index is 653. The topological polar surface area (TPSA) is 68.0 Å². The van der Waals surface area contributed by atoms with E-state index < -0.39 is 0 Å². The largest absolute Gasteiger partial charge is 0.352 e. The lowest BCUT2D eigenvalue weighted by molar-refractivity contribution is -0.121. The van der Waals surface area contributed by atoms with E-state index in [4.69, 9.17) is 5.73 Å². The van der Waals surface area contributed by atoms with Crippen LogP contribution >= 0.6 is 27.3 Å². The summed E-state index contributed by atoms with van der Waals surface area (Å²) in [6.45, 7) is 0.533. The SMILES string of the molecule is NCC(NC(=O)CCc1nc2cc(Br)ccc2s1)C1CC1. The molecule has 0 spiro atoms. The van der Waals surface area contributed by atoms with Crippen molar-refractivity contribution in [1.29, 1.82) is 0 Å². The van der Waals surface area contributed by atoms with Crippen LogP contribution in [0.4, 0.5) is 0 Å². The summed E-state index contributed by atoms with van der Waals surface area (Å²) >= 11 is 5.10. The molecule has 1 aliphatic carbocycles. The van der Waals surface area contributed by atoms with Gasteiger partial charge in [-0.2, -0.15) is 0 Å². The van der Waals surface area contributed by atoms with Gasteiger partial charge < -0.3 is 11.1 Å². The van der Waals surface area contributed by atoms with Gasteiger partial charge in [0, 0.05) is 29.9 Å². The smallest absolute Gasteiger partial charge is 0.220 e. The maximum atomic E-state index is 12.0. The molecule has 6 heteroatoms. The van der Waals surface area contributed by atoms with Gasteiger partial charge in [-0.25, -0.2) is 4.98 Å². The first kappa shape index (κ1) is 14.9. The Balaban J connectivity index is 1.56. The maximum Gasteiger partial charge on any atom is 0.220 e. The molecular formula is C15H18BrN3OS. The molecule has 1 aromatic heterocycles. The summed E-state index contributed by atoms with van der Waals surface area (Å²) < 4.78 is 2.19. The molecule has 0 aliphatic heterocycles. The van der Waals surface area contributed by atoms with Crippen LogP contribution in [0.25, 0.3) is 10.2 Å². The Hall–Kier alpha value is -0.980. The molecule has 0 bridgehead atoms. The fourth-order valence-corrected chi connectivity index (χ4v) is 3.72. The van der Waals surface area contributed by atoms with Crippen LogP contribution in [0.5, 0.6) is 0 Å². The molecule has 1 heterocycles. The van der Waals surface area contributed by atoms with E-state index in [-0.39, 0.29) is 11.9 Å². The highest BCUT2D eigenvalue weighted by molar-refractivity contribution is 9.10. The minimum absolute atomic E-state index is 0.0813. The van der Waals surface area contributed by atoms with Crippen LogP contribution < -0.4 is 11.1 Å². The third kappa shape index (κ3) is 3.81. The molecule has 3 rings (SSSR count). The number of carbonyl (C=O) groups is 1. The lowest BCUT2D eigenvalue weighted by Gasteiger charge is -2.15. The summed E-state index contributed by atoms with van der Waals surface area (Å²) in [5.41, 5.74) is 6.69. The van der Waals surface area contributed by atoms with Crippen molar-refractivity contribution in [2.45, 2.75) is 31.7 Å². The highest BCUT2D eigenvalue weighted by Gasteiger charge is 2.31. The average molecular weight is 368 g/mol. The molecule has 1 fully saturated rings. The third-order valence-corrected chi connectivity index (χ3v) is 5.34. The molecule has 1 atom stereocenters. The van der Waals surface area contributed by atoms with Crippen LogP contribution in [0.3, 0.4) is 0 Å². The van der Waals surface area contributed by atoms with Crippen molar-refractivity contribution in [3.05, 3.63) is 27.7 Å². The van der Waals surface area contributed by atoms with Gasteiger partial charge in [-0.05, 0) is 37.0 Å². The summed E-state index contributed by atoms with van der Waals surface area (Å²) in [5.74, 6) is 0.677. The van der Waals surface area contributed by atoms with Gasteiger partial charge in [-0.3, -0.25) is 4.79 Å². The minimum atomic E-state index is 0.0813. The van der Waals surface area contributed by atoms with Crippen LogP contribution in [-0.4, -0.2) is 23.5 Å². The zero-order valence-corrected chi connectivity index (χ0v) is 14.0. The quantitative estimate of drug-likeness (QED) is 0.824. The van der Waals surface area contributed by atoms with E-state index >= 15 is 0 Å². The second-order valence-corrected chi connectivity index (χ2v) is 7.50. The van der Waals surface area contributed by atoms with Crippen molar-refractivity contribution in [3.8, 4) is 0 Å². The number of nitrogens with zero attached hydrogens (tertiary/aromatic N) is 1. The standard InChI is InChI=1S/C15H18BrN3OS/c16-10-3-4-13-11(7-10)19-15(21-13)6-5-14(20)18-12(8-17)9-1-2-9/h3-4,7,9,12H,1-2,5-6,8,17H2,(H,18,20). The number of aromatic nitrogens is 1. The number of nitrogens with one attached hydrogen (secondary N) is 1. The van der Waals surface area contributed by atoms with Crippen molar-refractivity contribution in [2.75, 3.05) is 6.54 Å². The van der Waals surface area contributed by atoms with Crippen LogP contribution in [0.1, 0.15) is 24.3 Å². The molecule has 1 amide bonds. The number of thiazole rings is 1. The predicted molar refractivity (Wildman–Crippen MR) is 89.4 cm³/mol. The Labute approximate surface area is 136 Å². The van der Waals surface area contributed by atoms with Crippen molar-refractivity contribution >= 4 is 43.4 Å². The molecule has 3 N–H and O–H groups in total. The van der Waals surface area contributed by atoms with Gasteiger partial charge in [-0.15, -0.1) is 11.3 Å². The van der Waals surface area contributed by atoms with Gasteiger partial charge in [0.15, 0.2) is 0 Å². The summed E-state index contributed by atoms with van der Waals surface area (Å²) in [7, 11) is 0. The first-order chi connectivity index (χ1) is 10.2. The first-order valence-electron chi connectivity index (χ1n) is 7.20. The minimum Gasteiger partial charge on any atom is -0.352 e. The normalized spacial score (nSPS) is 16.1. The fourth-order valence-electron chi connectivity index (χ4n) is 2.42. The zero-order valence-electron chi connectivity index (χ0n) is 11.6. The van der Waals surface area contributed by atoms with Crippen LogP contribution in [0.2, 0.25) is 0 Å². The molecule has 1 aliphatic rings. The molecule has 1 saturated carbocycles. The number of benzene rings is 1. The van der Waals surface area contributed by atoms with E-state index in [2.05, 4.69) is 32.3 Å². The number of carbonyl (C=O) groups excluding carboxylic acids is 1. The molecule has 0 saturated heterocycles. The number of fused-ring (bicyclic) bond motifs is 1. The van der Waals surface area contributed by atoms with Crippen molar-refractivity contribution in [2.24, 2.45) is 11.7 Å². The van der Waals surface area contributed by atoms with Gasteiger partial charge in [0.05, 0.1) is 15.2 Å². The molecule has 2 aromatic rings. The van der Waals surface area contributed by atoms with Crippen molar-refractivity contribution in [1.82, 2.24) is 10.3 Å². The summed E-state index contributed by atoms with van der Waals surface area (Å²) in [6, 6.07) is 6.23. The number of amides is 1. The summed E-state index contributed by atoms with van der Waals surface area (Å²) in [6.07, 6.45) is 3.54. The summed E-state index contributed by atoms with van der Waals surface area (Å²) in [4.78, 5) is 16.6. The molecule has 4 nitrogen and oxygen atoms in total. The molecule has 112 valence electrons. The van der Waals surface area contributed by atoms with Gasteiger partial charge in [0.1, 0.15) is 0 Å². The Kier molecular flexibility index (Phi) is 4.57. The molecule has 0 radical (unpaired) electrons. The van der Waals surface area contributed by atoms with Crippen molar-refractivity contribution < 1.29 is 4.79 Å². The Morgan fingerprint density at radius 3 is 3.05 bits per heavy atom. The predicted octanol–water partition coefficient (Wildman–Crippen LogP) is 2.84. The summed E-state index contributed by atoms with van der Waals surface area (Å²) in [5, 5.41) is 4.06. The highest BCUT2D eigenvalue weighted by Crippen LogP contribution is 2.32. The number of halogens is 1. The van der Waals surface area contributed by atoms with Gasteiger partial charge in [0.2, 0.25) is 5.91 Å². The van der Waals surface area contributed by atoms with E-state index in [1.165, 1.54) is 12.8 Å². The number of nitrogens with two attached hydrogens (primary N) is 1. The second kappa shape index (κ2) is 6.42. The third-order valence-electron chi connectivity index (χ3n) is 3.75. The number of hydrogen-bond donors (Lipinski definition) is 2. The van der Waals surface area contributed by atoms with Crippen LogP contribution in [-0.2, 0) is 11.2 Å². The highest BCUT2D eigenvalue weighted by atomic mass is 79.9. The second-order valence-electron chi connectivity index (χ2n) is 5.47. The van der Waals surface area contributed by atoms with E-state index in [1.807, 2.05) is 12.1 Å². The molecule has 1 unspecified atom stereocenters. The lowest BCUT2D eigenvalue weighted by Crippen LogP contribution is -2.41. The first-order valence-corrected chi connectivity index (χ1v) is 8.81. The maximum absolute atomic E-state index is 12.0. The molecule has 1 aromatic carbocycles. The van der Waals surface area contributed by atoms with Gasteiger partial charge >= 0.3 is 0 Å². The average Bonchev–Trinajstić information content (AvgIpc) is 3.22. The zero-order chi connectivity index (χ0) is 14.8. The van der Waals surface area contributed by atoms with E-state index in [1.54, 1.807) is 11.3 Å².